The van der Waals surface area contributed by atoms with Crippen molar-refractivity contribution in [3.8, 4) is 11.6 Å². The lowest BCUT2D eigenvalue weighted by atomic mass is 10.1. The summed E-state index contributed by atoms with van der Waals surface area (Å²) in [7, 11) is 0. The first-order valence-corrected chi connectivity index (χ1v) is 8.95. The third kappa shape index (κ3) is 4.01. The maximum absolute atomic E-state index is 12.4. The fraction of sp³-hybridized carbons (Fsp3) is 0.143. The van der Waals surface area contributed by atoms with Crippen LogP contribution in [0.15, 0.2) is 63.9 Å². The Balaban J connectivity index is 1.47. The fourth-order valence-corrected chi connectivity index (χ4v) is 2.97. The highest BCUT2D eigenvalue weighted by Gasteiger charge is 2.12. The van der Waals surface area contributed by atoms with Gasteiger partial charge in [-0.25, -0.2) is 9.78 Å². The molecule has 3 aromatic heterocycles. The lowest BCUT2D eigenvalue weighted by Crippen LogP contribution is -2.22. The van der Waals surface area contributed by atoms with E-state index in [0.717, 1.165) is 16.6 Å². The molecule has 146 valence electrons. The number of benzene rings is 1. The minimum absolute atomic E-state index is 0.214. The Bertz CT molecular complexity index is 1240. The minimum Gasteiger partial charge on any atom is -0.484 e. The van der Waals surface area contributed by atoms with Crippen LogP contribution in [0.25, 0.3) is 16.8 Å². The van der Waals surface area contributed by atoms with Crippen LogP contribution in [0.5, 0.6) is 5.75 Å². The Morgan fingerprint density at radius 3 is 2.83 bits per heavy atom. The fourth-order valence-electron chi connectivity index (χ4n) is 2.97. The molecule has 0 aliphatic heterocycles. The molecule has 0 saturated carbocycles. The van der Waals surface area contributed by atoms with Crippen LogP contribution in [-0.2, 0) is 4.79 Å². The van der Waals surface area contributed by atoms with Crippen molar-refractivity contribution in [1.82, 2.24) is 14.8 Å². The van der Waals surface area contributed by atoms with E-state index in [-0.39, 0.29) is 12.5 Å². The topological polar surface area (TPSA) is 99.2 Å². The van der Waals surface area contributed by atoms with Crippen molar-refractivity contribution in [2.45, 2.75) is 13.8 Å². The maximum Gasteiger partial charge on any atom is 0.336 e. The smallest absolute Gasteiger partial charge is 0.336 e. The maximum atomic E-state index is 12.4. The predicted octanol–water partition coefficient (Wildman–Crippen LogP) is 3.01. The van der Waals surface area contributed by atoms with Crippen molar-refractivity contribution >= 4 is 22.7 Å². The number of rotatable bonds is 5. The SMILES string of the molecule is Cc1cc(NC(=O)COc2ccc3c(C)cc(=O)oc3c2)n(-c2ccccn2)n1. The number of nitrogens with zero attached hydrogens (tertiary/aromatic N) is 3. The molecule has 0 spiro atoms. The highest BCUT2D eigenvalue weighted by molar-refractivity contribution is 5.91. The summed E-state index contributed by atoms with van der Waals surface area (Å²) in [6.07, 6.45) is 1.65. The molecule has 8 heteroatoms. The van der Waals surface area contributed by atoms with Crippen LogP contribution >= 0.6 is 0 Å². The van der Waals surface area contributed by atoms with E-state index in [9.17, 15) is 9.59 Å². The Kier molecular flexibility index (Phi) is 4.82. The van der Waals surface area contributed by atoms with E-state index in [1.807, 2.05) is 19.9 Å². The van der Waals surface area contributed by atoms with Gasteiger partial charge in [0.15, 0.2) is 12.4 Å². The number of aryl methyl sites for hydroxylation is 2. The number of hydrogen-bond donors (Lipinski definition) is 1. The quantitative estimate of drug-likeness (QED) is 0.526. The molecule has 8 nitrogen and oxygen atoms in total. The number of fused-ring (bicyclic) bond motifs is 1. The van der Waals surface area contributed by atoms with Crippen LogP contribution < -0.4 is 15.7 Å². The zero-order valence-electron chi connectivity index (χ0n) is 15.9. The standard InChI is InChI=1S/C21H18N4O4/c1-13-9-21(27)29-17-11-15(6-7-16(13)17)28-12-20(26)23-19-10-14(2)24-25(19)18-5-3-4-8-22-18/h3-11H,12H2,1-2H3,(H,23,26). The summed E-state index contributed by atoms with van der Waals surface area (Å²) in [5.74, 6) is 1.16. The molecule has 0 radical (unpaired) electrons. The normalized spacial score (nSPS) is 10.8. The molecule has 29 heavy (non-hydrogen) atoms. The van der Waals surface area contributed by atoms with Crippen LogP contribution in [0.4, 0.5) is 5.82 Å². The van der Waals surface area contributed by atoms with Crippen LogP contribution in [0.3, 0.4) is 0 Å². The molecular weight excluding hydrogens is 372 g/mol. The molecule has 1 amide bonds. The van der Waals surface area contributed by atoms with E-state index >= 15 is 0 Å². The number of carbonyl (C=O) groups excluding carboxylic acids is 1. The summed E-state index contributed by atoms with van der Waals surface area (Å²) in [5, 5.41) is 7.95. The van der Waals surface area contributed by atoms with Gasteiger partial charge in [-0.2, -0.15) is 9.78 Å². The Hall–Kier alpha value is -3.94. The Morgan fingerprint density at radius 2 is 2.03 bits per heavy atom. The monoisotopic (exact) mass is 390 g/mol. The number of ether oxygens (including phenoxy) is 1. The van der Waals surface area contributed by atoms with Crippen molar-refractivity contribution in [2.24, 2.45) is 0 Å². The van der Waals surface area contributed by atoms with Crippen LogP contribution in [-0.4, -0.2) is 27.3 Å². The van der Waals surface area contributed by atoms with Crippen LogP contribution in [0.2, 0.25) is 0 Å². The lowest BCUT2D eigenvalue weighted by molar-refractivity contribution is -0.118. The van der Waals surface area contributed by atoms with Gasteiger partial charge in [0.2, 0.25) is 0 Å². The van der Waals surface area contributed by atoms with Gasteiger partial charge in [0, 0.05) is 29.8 Å². The van der Waals surface area contributed by atoms with Gasteiger partial charge in [0.25, 0.3) is 5.91 Å². The summed E-state index contributed by atoms with van der Waals surface area (Å²) in [6, 6.07) is 13.7. The summed E-state index contributed by atoms with van der Waals surface area (Å²) in [5.41, 5.74) is 1.55. The molecule has 3 heterocycles. The second-order valence-electron chi connectivity index (χ2n) is 6.51. The first-order chi connectivity index (χ1) is 14.0. The second-order valence-corrected chi connectivity index (χ2v) is 6.51. The first kappa shape index (κ1) is 18.4. The van der Waals surface area contributed by atoms with Crippen molar-refractivity contribution in [3.05, 3.63) is 76.4 Å². The van der Waals surface area contributed by atoms with Crippen molar-refractivity contribution in [3.63, 3.8) is 0 Å². The molecule has 0 saturated heterocycles. The third-order valence-electron chi connectivity index (χ3n) is 4.26. The Labute approximate surface area is 165 Å². The highest BCUT2D eigenvalue weighted by atomic mass is 16.5. The first-order valence-electron chi connectivity index (χ1n) is 8.95. The molecule has 4 rings (SSSR count). The number of aromatic nitrogens is 3. The van der Waals surface area contributed by atoms with Crippen LogP contribution in [0.1, 0.15) is 11.3 Å². The number of hydrogen-bond acceptors (Lipinski definition) is 6. The third-order valence-corrected chi connectivity index (χ3v) is 4.26. The molecule has 1 N–H and O–H groups in total. The molecule has 0 bridgehead atoms. The number of nitrogens with one attached hydrogen (secondary N) is 1. The van der Waals surface area contributed by atoms with Gasteiger partial charge in [-0.05, 0) is 43.7 Å². The average Bonchev–Trinajstić information content (AvgIpc) is 3.06. The van der Waals surface area contributed by atoms with Gasteiger partial charge in [0.05, 0.1) is 5.69 Å². The molecular formula is C21H18N4O4. The van der Waals surface area contributed by atoms with Gasteiger partial charge in [0.1, 0.15) is 17.2 Å². The van der Waals surface area contributed by atoms with E-state index in [2.05, 4.69) is 15.4 Å². The summed E-state index contributed by atoms with van der Waals surface area (Å²) >= 11 is 0. The van der Waals surface area contributed by atoms with Crippen molar-refractivity contribution in [2.75, 3.05) is 11.9 Å². The van der Waals surface area contributed by atoms with Gasteiger partial charge in [-0.3, -0.25) is 4.79 Å². The summed E-state index contributed by atoms with van der Waals surface area (Å²) in [4.78, 5) is 28.2. The van der Waals surface area contributed by atoms with Gasteiger partial charge in [-0.1, -0.05) is 6.07 Å². The van der Waals surface area contributed by atoms with E-state index in [1.165, 1.54) is 6.07 Å². The number of amides is 1. The highest BCUT2D eigenvalue weighted by Crippen LogP contribution is 2.22. The summed E-state index contributed by atoms with van der Waals surface area (Å²) in [6.45, 7) is 3.45. The molecule has 1 aromatic carbocycles. The Morgan fingerprint density at radius 1 is 1.17 bits per heavy atom. The minimum atomic E-state index is -0.428. The van der Waals surface area contributed by atoms with E-state index < -0.39 is 5.63 Å². The number of anilines is 1. The molecule has 4 aromatic rings. The van der Waals surface area contributed by atoms with Gasteiger partial charge in [-0.15, -0.1) is 0 Å². The summed E-state index contributed by atoms with van der Waals surface area (Å²) < 4.78 is 12.3. The molecule has 0 aliphatic rings. The van der Waals surface area contributed by atoms with Crippen molar-refractivity contribution in [1.29, 1.82) is 0 Å². The average molecular weight is 390 g/mol. The van der Waals surface area contributed by atoms with E-state index in [0.29, 0.717) is 23.0 Å². The molecule has 0 atom stereocenters. The molecule has 0 aliphatic carbocycles. The number of carbonyl (C=O) groups is 1. The van der Waals surface area contributed by atoms with E-state index in [4.69, 9.17) is 9.15 Å². The molecule has 0 fully saturated rings. The van der Waals surface area contributed by atoms with Gasteiger partial charge >= 0.3 is 5.63 Å². The largest absolute Gasteiger partial charge is 0.484 e. The predicted molar refractivity (Wildman–Crippen MR) is 107 cm³/mol. The zero-order valence-corrected chi connectivity index (χ0v) is 15.9. The number of pyridine rings is 1. The lowest BCUT2D eigenvalue weighted by Gasteiger charge is -2.10. The molecule has 0 unspecified atom stereocenters. The van der Waals surface area contributed by atoms with Crippen molar-refractivity contribution < 1.29 is 13.9 Å². The van der Waals surface area contributed by atoms with Gasteiger partial charge < -0.3 is 14.5 Å². The zero-order chi connectivity index (χ0) is 20.4. The second kappa shape index (κ2) is 7.59. The van der Waals surface area contributed by atoms with Crippen LogP contribution in [0, 0.1) is 13.8 Å². The van der Waals surface area contributed by atoms with E-state index in [1.54, 1.807) is 47.3 Å².